The normalized spacial score (nSPS) is 10.4. The standard InChI is InChI=1S/C14H21NOS/c1-3-8-17-9-7-15-11-13-5-4-6-14(10-13)12-16-2/h3-6,10,15H,1,7-9,11-12H2,2H3. The fourth-order valence-electron chi connectivity index (χ4n) is 1.54. The number of hydrogen-bond acceptors (Lipinski definition) is 3. The Labute approximate surface area is 108 Å². The van der Waals surface area contributed by atoms with Gasteiger partial charge in [-0.25, -0.2) is 0 Å². The molecule has 0 bridgehead atoms. The van der Waals surface area contributed by atoms with Crippen molar-refractivity contribution in [2.24, 2.45) is 0 Å². The van der Waals surface area contributed by atoms with Crippen LogP contribution in [0.1, 0.15) is 11.1 Å². The molecule has 0 saturated heterocycles. The van der Waals surface area contributed by atoms with Gasteiger partial charge in [0.05, 0.1) is 6.61 Å². The molecule has 1 aromatic carbocycles. The highest BCUT2D eigenvalue weighted by Gasteiger charge is 1.95. The van der Waals surface area contributed by atoms with Crippen molar-refractivity contribution in [3.8, 4) is 0 Å². The van der Waals surface area contributed by atoms with Crippen LogP contribution in [0.4, 0.5) is 0 Å². The number of nitrogens with one attached hydrogen (secondary N) is 1. The summed E-state index contributed by atoms with van der Waals surface area (Å²) in [7, 11) is 1.72. The maximum Gasteiger partial charge on any atom is 0.0713 e. The first-order chi connectivity index (χ1) is 8.36. The molecule has 0 amide bonds. The smallest absolute Gasteiger partial charge is 0.0713 e. The van der Waals surface area contributed by atoms with E-state index in [0.717, 1.165) is 24.6 Å². The average Bonchev–Trinajstić information content (AvgIpc) is 2.35. The van der Waals surface area contributed by atoms with Crippen molar-refractivity contribution >= 4 is 11.8 Å². The number of rotatable bonds is 9. The molecule has 2 nitrogen and oxygen atoms in total. The average molecular weight is 251 g/mol. The Bertz CT molecular complexity index is 328. The molecule has 0 spiro atoms. The lowest BCUT2D eigenvalue weighted by atomic mass is 10.1. The Morgan fingerprint density at radius 1 is 1.41 bits per heavy atom. The van der Waals surface area contributed by atoms with Crippen LogP contribution in [0.3, 0.4) is 0 Å². The summed E-state index contributed by atoms with van der Waals surface area (Å²) in [4.78, 5) is 0. The second-order valence-corrected chi connectivity index (χ2v) is 4.94. The van der Waals surface area contributed by atoms with E-state index in [1.165, 1.54) is 11.1 Å². The summed E-state index contributed by atoms with van der Waals surface area (Å²) in [5.41, 5.74) is 2.54. The van der Waals surface area contributed by atoms with Crippen LogP contribution in [0.25, 0.3) is 0 Å². The molecule has 0 aliphatic carbocycles. The summed E-state index contributed by atoms with van der Waals surface area (Å²) < 4.78 is 5.12. The van der Waals surface area contributed by atoms with Gasteiger partial charge < -0.3 is 10.1 Å². The van der Waals surface area contributed by atoms with E-state index in [1.54, 1.807) is 7.11 Å². The molecule has 94 valence electrons. The number of benzene rings is 1. The Balaban J connectivity index is 2.21. The monoisotopic (exact) mass is 251 g/mol. The Hall–Kier alpha value is -0.770. The summed E-state index contributed by atoms with van der Waals surface area (Å²) in [5, 5.41) is 3.43. The predicted molar refractivity (Wildman–Crippen MR) is 76.4 cm³/mol. The molecule has 0 unspecified atom stereocenters. The third-order valence-corrected chi connectivity index (χ3v) is 3.25. The Morgan fingerprint density at radius 2 is 2.24 bits per heavy atom. The van der Waals surface area contributed by atoms with Crippen LogP contribution in [-0.4, -0.2) is 25.2 Å². The van der Waals surface area contributed by atoms with Gasteiger partial charge in [-0.2, -0.15) is 11.8 Å². The van der Waals surface area contributed by atoms with Crippen LogP contribution in [-0.2, 0) is 17.9 Å². The van der Waals surface area contributed by atoms with Gasteiger partial charge in [-0.15, -0.1) is 6.58 Å². The molecule has 0 atom stereocenters. The van der Waals surface area contributed by atoms with Gasteiger partial charge in [-0.05, 0) is 11.1 Å². The van der Waals surface area contributed by atoms with Gasteiger partial charge >= 0.3 is 0 Å². The summed E-state index contributed by atoms with van der Waals surface area (Å²) in [6, 6.07) is 8.50. The minimum atomic E-state index is 0.684. The van der Waals surface area contributed by atoms with Crippen molar-refractivity contribution < 1.29 is 4.74 Å². The van der Waals surface area contributed by atoms with Gasteiger partial charge in [0.25, 0.3) is 0 Å². The molecule has 0 aromatic heterocycles. The van der Waals surface area contributed by atoms with E-state index in [2.05, 4.69) is 36.2 Å². The zero-order chi connectivity index (χ0) is 12.3. The van der Waals surface area contributed by atoms with Gasteiger partial charge in [-0.3, -0.25) is 0 Å². The van der Waals surface area contributed by atoms with Gasteiger partial charge in [0.1, 0.15) is 0 Å². The quantitative estimate of drug-likeness (QED) is 0.538. The van der Waals surface area contributed by atoms with Crippen molar-refractivity contribution in [1.82, 2.24) is 5.32 Å². The maximum absolute atomic E-state index is 5.12. The predicted octanol–water partition coefficient (Wildman–Crippen LogP) is 2.84. The zero-order valence-electron chi connectivity index (χ0n) is 10.4. The van der Waals surface area contributed by atoms with Crippen molar-refractivity contribution in [2.75, 3.05) is 25.2 Å². The van der Waals surface area contributed by atoms with Crippen LogP contribution < -0.4 is 5.32 Å². The second-order valence-electron chi connectivity index (χ2n) is 3.79. The molecule has 0 fully saturated rings. The third kappa shape index (κ3) is 6.51. The molecule has 3 heteroatoms. The first-order valence-corrected chi connectivity index (χ1v) is 6.98. The fourth-order valence-corrected chi connectivity index (χ4v) is 2.16. The van der Waals surface area contributed by atoms with Crippen LogP contribution in [0.2, 0.25) is 0 Å². The molecule has 0 aliphatic heterocycles. The van der Waals surface area contributed by atoms with Crippen molar-refractivity contribution in [1.29, 1.82) is 0 Å². The summed E-state index contributed by atoms with van der Waals surface area (Å²) in [6.45, 7) is 6.34. The summed E-state index contributed by atoms with van der Waals surface area (Å²) >= 11 is 1.90. The first kappa shape index (κ1) is 14.3. The lowest BCUT2D eigenvalue weighted by Crippen LogP contribution is -2.16. The Morgan fingerprint density at radius 3 is 3.00 bits per heavy atom. The Kier molecular flexibility index (Phi) is 7.80. The number of hydrogen-bond donors (Lipinski definition) is 1. The van der Waals surface area contributed by atoms with Crippen LogP contribution in [0, 0.1) is 0 Å². The minimum Gasteiger partial charge on any atom is -0.380 e. The molecular formula is C14H21NOS. The molecule has 0 heterocycles. The van der Waals surface area contributed by atoms with E-state index in [4.69, 9.17) is 4.74 Å². The van der Waals surface area contributed by atoms with E-state index >= 15 is 0 Å². The summed E-state index contributed by atoms with van der Waals surface area (Å²) in [6.07, 6.45) is 1.94. The van der Waals surface area contributed by atoms with E-state index in [9.17, 15) is 0 Å². The van der Waals surface area contributed by atoms with Crippen LogP contribution in [0.15, 0.2) is 36.9 Å². The zero-order valence-corrected chi connectivity index (χ0v) is 11.3. The maximum atomic E-state index is 5.12. The number of ether oxygens (including phenoxy) is 1. The van der Waals surface area contributed by atoms with E-state index < -0.39 is 0 Å². The highest BCUT2D eigenvalue weighted by Crippen LogP contribution is 2.06. The highest BCUT2D eigenvalue weighted by atomic mass is 32.2. The van der Waals surface area contributed by atoms with E-state index in [-0.39, 0.29) is 0 Å². The van der Waals surface area contributed by atoms with Gasteiger partial charge in [-0.1, -0.05) is 30.3 Å². The van der Waals surface area contributed by atoms with Gasteiger partial charge in [0.2, 0.25) is 0 Å². The molecule has 1 N–H and O–H groups in total. The second kappa shape index (κ2) is 9.28. The van der Waals surface area contributed by atoms with Crippen molar-refractivity contribution in [3.63, 3.8) is 0 Å². The van der Waals surface area contributed by atoms with Gasteiger partial charge in [0, 0.05) is 31.7 Å². The summed E-state index contributed by atoms with van der Waals surface area (Å²) in [5.74, 6) is 2.16. The third-order valence-electron chi connectivity index (χ3n) is 2.29. The lowest BCUT2D eigenvalue weighted by molar-refractivity contribution is 0.185. The van der Waals surface area contributed by atoms with E-state index in [1.807, 2.05) is 17.8 Å². The lowest BCUT2D eigenvalue weighted by Gasteiger charge is -2.06. The SMILES string of the molecule is C=CCSCCNCc1cccc(COC)c1. The largest absolute Gasteiger partial charge is 0.380 e. The molecule has 1 aromatic rings. The van der Waals surface area contributed by atoms with E-state index in [0.29, 0.717) is 6.61 Å². The highest BCUT2D eigenvalue weighted by molar-refractivity contribution is 7.99. The van der Waals surface area contributed by atoms with Crippen LogP contribution >= 0.6 is 11.8 Å². The van der Waals surface area contributed by atoms with Crippen molar-refractivity contribution in [3.05, 3.63) is 48.0 Å². The number of thioether (sulfide) groups is 1. The first-order valence-electron chi connectivity index (χ1n) is 5.83. The molecule has 17 heavy (non-hydrogen) atoms. The fraction of sp³-hybridized carbons (Fsp3) is 0.429. The van der Waals surface area contributed by atoms with Gasteiger partial charge in [0.15, 0.2) is 0 Å². The minimum absolute atomic E-state index is 0.684. The topological polar surface area (TPSA) is 21.3 Å². The van der Waals surface area contributed by atoms with Crippen LogP contribution in [0.5, 0.6) is 0 Å². The molecule has 0 saturated carbocycles. The molecule has 0 aliphatic rings. The molecule has 1 rings (SSSR count). The number of methoxy groups -OCH3 is 1. The molecule has 0 radical (unpaired) electrons. The molecular weight excluding hydrogens is 230 g/mol. The van der Waals surface area contributed by atoms with Crippen molar-refractivity contribution in [2.45, 2.75) is 13.2 Å².